The number of hydrogen-bond donors (Lipinski definition) is 3. The van der Waals surface area contributed by atoms with Crippen LogP contribution in [0.4, 0.5) is 0 Å². The van der Waals surface area contributed by atoms with Gasteiger partial charge in [-0.3, -0.25) is 14.7 Å². The fraction of sp³-hybridized carbons (Fsp3) is 0.357. The first-order chi connectivity index (χ1) is 18.3. The Morgan fingerprint density at radius 1 is 1.08 bits per heavy atom. The first kappa shape index (κ1) is 28.5. The smallest absolute Gasteiger partial charge is 0.335 e. The van der Waals surface area contributed by atoms with Gasteiger partial charge in [0.1, 0.15) is 5.69 Å². The third-order valence-electron chi connectivity index (χ3n) is 5.96. The molecule has 0 spiro atoms. The number of benzene rings is 2. The number of methoxy groups -OCH3 is 1. The molecule has 0 radical (unpaired) electrons. The van der Waals surface area contributed by atoms with Crippen LogP contribution in [-0.4, -0.2) is 84.0 Å². The highest BCUT2D eigenvalue weighted by molar-refractivity contribution is 5.97. The molecule has 10 nitrogen and oxygen atoms in total. The molecule has 0 saturated carbocycles. The quantitative estimate of drug-likeness (QED) is 0.294. The summed E-state index contributed by atoms with van der Waals surface area (Å²) >= 11 is 0. The first-order valence-electron chi connectivity index (χ1n) is 12.4. The second-order valence-corrected chi connectivity index (χ2v) is 8.83. The molecule has 3 N–H and O–H groups in total. The summed E-state index contributed by atoms with van der Waals surface area (Å²) in [6.07, 6.45) is -1.11. The van der Waals surface area contributed by atoms with E-state index in [9.17, 15) is 19.5 Å². The molecule has 0 bridgehead atoms. The average molecular weight is 523 g/mol. The fourth-order valence-corrected chi connectivity index (χ4v) is 3.89. The van der Waals surface area contributed by atoms with E-state index in [2.05, 4.69) is 15.5 Å². The minimum absolute atomic E-state index is 0.0172. The Bertz CT molecular complexity index is 1200. The second kappa shape index (κ2) is 14.1. The van der Waals surface area contributed by atoms with Crippen LogP contribution in [0.25, 0.3) is 11.1 Å². The largest absolute Gasteiger partial charge is 0.464 e. The Morgan fingerprint density at radius 2 is 1.76 bits per heavy atom. The van der Waals surface area contributed by atoms with Gasteiger partial charge in [0.15, 0.2) is 11.8 Å². The molecule has 1 heterocycles. The monoisotopic (exact) mass is 522 g/mol. The number of nitrogens with one attached hydrogen (secondary N) is 2. The van der Waals surface area contributed by atoms with Crippen LogP contribution in [0.3, 0.4) is 0 Å². The predicted octanol–water partition coefficient (Wildman–Crippen LogP) is 2.45. The first-order valence-corrected chi connectivity index (χ1v) is 12.4. The van der Waals surface area contributed by atoms with Crippen molar-refractivity contribution in [2.45, 2.75) is 31.9 Å². The molecule has 2 aromatic carbocycles. The van der Waals surface area contributed by atoms with E-state index < -0.39 is 24.0 Å². The Hall–Kier alpha value is -4.02. The van der Waals surface area contributed by atoms with Gasteiger partial charge in [0.2, 0.25) is 0 Å². The van der Waals surface area contributed by atoms with E-state index in [-0.39, 0.29) is 30.3 Å². The number of carbonyl (C=O) groups is 3. The number of amides is 2. The van der Waals surface area contributed by atoms with Gasteiger partial charge in [0, 0.05) is 39.2 Å². The highest BCUT2D eigenvalue weighted by Crippen LogP contribution is 2.20. The third kappa shape index (κ3) is 7.99. The minimum Gasteiger partial charge on any atom is -0.464 e. The summed E-state index contributed by atoms with van der Waals surface area (Å²) in [6, 6.07) is 18.6. The van der Waals surface area contributed by atoms with Gasteiger partial charge in [-0.1, -0.05) is 54.6 Å². The van der Waals surface area contributed by atoms with Crippen molar-refractivity contribution in [3.63, 3.8) is 0 Å². The van der Waals surface area contributed by atoms with Crippen LogP contribution in [0.1, 0.15) is 39.9 Å². The van der Waals surface area contributed by atoms with Gasteiger partial charge in [0.25, 0.3) is 11.8 Å². The number of likely N-dealkylation sites (N-methyl/N-ethyl adjacent to an activating group) is 1. The van der Waals surface area contributed by atoms with Crippen LogP contribution in [0.2, 0.25) is 0 Å². The van der Waals surface area contributed by atoms with Gasteiger partial charge in [-0.15, -0.1) is 0 Å². The van der Waals surface area contributed by atoms with Crippen molar-refractivity contribution in [1.82, 2.24) is 20.4 Å². The molecule has 0 saturated heterocycles. The van der Waals surface area contributed by atoms with Gasteiger partial charge in [-0.2, -0.15) is 5.10 Å². The third-order valence-corrected chi connectivity index (χ3v) is 5.96. The number of carbonyl (C=O) groups excluding carboxylic acids is 3. The van der Waals surface area contributed by atoms with Crippen molar-refractivity contribution in [2.24, 2.45) is 0 Å². The molecule has 3 rings (SSSR count). The van der Waals surface area contributed by atoms with E-state index in [1.807, 2.05) is 54.6 Å². The summed E-state index contributed by atoms with van der Waals surface area (Å²) in [5.41, 5.74) is 3.21. The number of hydrogen-bond acceptors (Lipinski definition) is 7. The molecule has 1 unspecified atom stereocenters. The van der Waals surface area contributed by atoms with E-state index in [0.717, 1.165) is 16.7 Å². The molecule has 3 aromatic rings. The highest BCUT2D eigenvalue weighted by atomic mass is 16.5. The van der Waals surface area contributed by atoms with Gasteiger partial charge >= 0.3 is 5.97 Å². The van der Waals surface area contributed by atoms with Gasteiger partial charge < -0.3 is 24.8 Å². The normalized spacial score (nSPS) is 12.4. The zero-order valence-corrected chi connectivity index (χ0v) is 21.8. The number of aliphatic hydroxyl groups excluding tert-OH is 1. The Morgan fingerprint density at radius 3 is 2.42 bits per heavy atom. The van der Waals surface area contributed by atoms with Gasteiger partial charge in [-0.25, -0.2) is 4.79 Å². The Labute approximate surface area is 222 Å². The molecular formula is C28H34N4O6. The van der Waals surface area contributed by atoms with Crippen molar-refractivity contribution >= 4 is 17.8 Å². The summed E-state index contributed by atoms with van der Waals surface area (Å²) < 4.78 is 9.91. The van der Waals surface area contributed by atoms with E-state index in [1.54, 1.807) is 21.1 Å². The average Bonchev–Trinajstić information content (AvgIpc) is 3.43. The van der Waals surface area contributed by atoms with Gasteiger partial charge in [0.05, 0.1) is 13.2 Å². The Balaban J connectivity index is 1.72. The zero-order valence-electron chi connectivity index (χ0n) is 21.8. The predicted molar refractivity (Wildman–Crippen MR) is 142 cm³/mol. The lowest BCUT2D eigenvalue weighted by atomic mass is 9.97. The molecule has 38 heavy (non-hydrogen) atoms. The van der Waals surface area contributed by atoms with Crippen molar-refractivity contribution < 1.29 is 29.0 Å². The number of ether oxygens (including phenoxy) is 2. The van der Waals surface area contributed by atoms with Crippen LogP contribution in [0.5, 0.6) is 0 Å². The lowest BCUT2D eigenvalue weighted by Crippen LogP contribution is -2.41. The summed E-state index contributed by atoms with van der Waals surface area (Å²) in [4.78, 5) is 39.1. The molecule has 10 heteroatoms. The van der Waals surface area contributed by atoms with Crippen LogP contribution in [-0.2, 0) is 20.7 Å². The molecule has 202 valence electrons. The number of aromatic amines is 1. The van der Waals surface area contributed by atoms with E-state index in [0.29, 0.717) is 19.6 Å². The lowest BCUT2D eigenvalue weighted by molar-refractivity contribution is -0.153. The topological polar surface area (TPSA) is 134 Å². The molecule has 0 aliphatic heterocycles. The van der Waals surface area contributed by atoms with Crippen molar-refractivity contribution in [2.75, 3.05) is 33.9 Å². The second-order valence-electron chi connectivity index (χ2n) is 8.83. The fourth-order valence-electron chi connectivity index (χ4n) is 3.89. The lowest BCUT2D eigenvalue weighted by Gasteiger charge is -2.21. The van der Waals surface area contributed by atoms with Crippen molar-refractivity contribution in [3.8, 4) is 11.1 Å². The van der Waals surface area contributed by atoms with Crippen LogP contribution in [0.15, 0.2) is 60.7 Å². The molecule has 1 aromatic heterocycles. The van der Waals surface area contributed by atoms with Crippen LogP contribution in [0, 0.1) is 0 Å². The van der Waals surface area contributed by atoms with E-state index >= 15 is 0 Å². The summed E-state index contributed by atoms with van der Waals surface area (Å²) in [6.45, 7) is 2.55. The number of aromatic nitrogens is 2. The maximum absolute atomic E-state index is 13.0. The van der Waals surface area contributed by atoms with E-state index in [4.69, 9.17) is 9.47 Å². The number of nitrogens with zero attached hydrogens (tertiary/aromatic N) is 2. The SMILES string of the molecule is CCOC(=O)[C@H](O)CC(Cc1ccc(-c2ccccc2)cc1)NC(=O)c1cc(C(=O)N(C)CCOC)[nH]n1. The number of aliphatic hydroxyl groups is 1. The highest BCUT2D eigenvalue weighted by Gasteiger charge is 2.25. The van der Waals surface area contributed by atoms with Gasteiger partial charge in [-0.05, 0) is 30.0 Å². The molecule has 2 atom stereocenters. The van der Waals surface area contributed by atoms with E-state index in [1.165, 1.54) is 11.0 Å². The standard InChI is InChI=1S/C28H34N4O6/c1-4-38-28(36)25(33)17-22(16-19-10-12-21(13-11-19)20-8-6-5-7-9-20)29-26(34)23-18-24(31-30-23)27(35)32(2)14-15-37-3/h5-13,18,22,25,33H,4,14-17H2,1-3H3,(H,29,34)(H,30,31)/t22?,25-/m1/s1. The van der Waals surface area contributed by atoms with Crippen molar-refractivity contribution in [1.29, 1.82) is 0 Å². The Kier molecular flexibility index (Phi) is 10.6. The number of rotatable bonds is 13. The summed E-state index contributed by atoms with van der Waals surface area (Å²) in [5, 5.41) is 19.8. The summed E-state index contributed by atoms with van der Waals surface area (Å²) in [5.74, 6) is -1.62. The molecular weight excluding hydrogens is 488 g/mol. The van der Waals surface area contributed by atoms with Crippen LogP contribution < -0.4 is 5.32 Å². The maximum Gasteiger partial charge on any atom is 0.335 e. The molecule has 0 aliphatic carbocycles. The molecule has 0 fully saturated rings. The number of esters is 1. The zero-order chi connectivity index (χ0) is 27.5. The molecule has 0 aliphatic rings. The maximum atomic E-state index is 13.0. The van der Waals surface area contributed by atoms with Crippen LogP contribution >= 0.6 is 0 Å². The summed E-state index contributed by atoms with van der Waals surface area (Å²) in [7, 11) is 3.17. The number of H-pyrrole nitrogens is 1. The molecule has 2 amide bonds. The van der Waals surface area contributed by atoms with Crippen molar-refractivity contribution in [3.05, 3.63) is 77.6 Å². The minimum atomic E-state index is -1.41.